The van der Waals surface area contributed by atoms with Gasteiger partial charge >= 0.3 is 0 Å². The summed E-state index contributed by atoms with van der Waals surface area (Å²) in [7, 11) is 3.23. The van der Waals surface area contributed by atoms with Crippen LogP contribution in [0.15, 0.2) is 29.8 Å². The minimum atomic E-state index is -0.320. The Kier molecular flexibility index (Phi) is 5.64. The lowest BCUT2D eigenvalue weighted by Gasteiger charge is -2.23. The number of nitrogens with one attached hydrogen (secondary N) is 1. The van der Waals surface area contributed by atoms with Gasteiger partial charge in [-0.25, -0.2) is 4.99 Å². The standard InChI is InChI=1S/C16H23N5O3/c1-4-15(22)19-11-7-12(20-16(17)18)14(24-3)8-13(11)21-6-5-10(9-21)23-2/h4,7-8,10H,1,5-6,9H2,2-3H3,(H,19,22)(H4,17,18,20). The van der Waals surface area contributed by atoms with Gasteiger partial charge in [0.2, 0.25) is 5.91 Å². The lowest BCUT2D eigenvalue weighted by atomic mass is 10.2. The molecule has 0 radical (unpaired) electrons. The maximum Gasteiger partial charge on any atom is 0.247 e. The highest BCUT2D eigenvalue weighted by Crippen LogP contribution is 2.40. The van der Waals surface area contributed by atoms with Gasteiger partial charge in [-0.15, -0.1) is 0 Å². The van der Waals surface area contributed by atoms with E-state index in [0.717, 1.165) is 25.2 Å². The number of guanidine groups is 1. The SMILES string of the molecule is C=CC(=O)Nc1cc(N=C(N)N)c(OC)cc1N1CCC(OC)C1. The third kappa shape index (κ3) is 3.96. The van der Waals surface area contributed by atoms with Crippen molar-refractivity contribution in [2.75, 3.05) is 37.5 Å². The van der Waals surface area contributed by atoms with Gasteiger partial charge < -0.3 is 31.2 Å². The first-order valence-corrected chi connectivity index (χ1v) is 7.51. The van der Waals surface area contributed by atoms with Crippen LogP contribution in [0.3, 0.4) is 0 Å². The molecule has 1 amide bonds. The Balaban J connectivity index is 2.48. The lowest BCUT2D eigenvalue weighted by Crippen LogP contribution is -2.24. The summed E-state index contributed by atoms with van der Waals surface area (Å²) < 4.78 is 10.8. The zero-order chi connectivity index (χ0) is 17.7. The molecule has 1 aliphatic heterocycles. The second kappa shape index (κ2) is 7.69. The molecule has 1 aromatic rings. The number of carbonyl (C=O) groups is 1. The van der Waals surface area contributed by atoms with Crippen LogP contribution in [0.5, 0.6) is 5.75 Å². The van der Waals surface area contributed by atoms with Gasteiger partial charge in [0.25, 0.3) is 0 Å². The number of carbonyl (C=O) groups excluding carboxylic acids is 1. The zero-order valence-electron chi connectivity index (χ0n) is 13.9. The van der Waals surface area contributed by atoms with Crippen molar-refractivity contribution in [2.45, 2.75) is 12.5 Å². The molecule has 24 heavy (non-hydrogen) atoms. The number of anilines is 2. The number of nitrogens with zero attached hydrogens (tertiary/aromatic N) is 2. The van der Waals surface area contributed by atoms with E-state index in [9.17, 15) is 4.79 Å². The van der Waals surface area contributed by atoms with Crippen LogP contribution in [0.25, 0.3) is 0 Å². The maximum absolute atomic E-state index is 11.8. The molecular formula is C16H23N5O3. The minimum Gasteiger partial charge on any atom is -0.494 e. The number of aliphatic imine (C=N–C) groups is 1. The van der Waals surface area contributed by atoms with Gasteiger partial charge in [0.15, 0.2) is 5.96 Å². The van der Waals surface area contributed by atoms with E-state index >= 15 is 0 Å². The predicted molar refractivity (Wildman–Crippen MR) is 94.9 cm³/mol. The van der Waals surface area contributed by atoms with Crippen molar-refractivity contribution in [3.05, 3.63) is 24.8 Å². The van der Waals surface area contributed by atoms with Crippen molar-refractivity contribution in [1.82, 2.24) is 0 Å². The molecule has 5 N–H and O–H groups in total. The Labute approximate surface area is 141 Å². The van der Waals surface area contributed by atoms with Crippen LogP contribution >= 0.6 is 0 Å². The molecule has 8 heteroatoms. The summed E-state index contributed by atoms with van der Waals surface area (Å²) in [5.74, 6) is 0.0955. The molecule has 1 saturated heterocycles. The summed E-state index contributed by atoms with van der Waals surface area (Å²) >= 11 is 0. The number of hydrogen-bond donors (Lipinski definition) is 3. The third-order valence-electron chi connectivity index (χ3n) is 3.81. The van der Waals surface area contributed by atoms with Crippen LogP contribution in [-0.4, -0.2) is 45.3 Å². The third-order valence-corrected chi connectivity index (χ3v) is 3.81. The summed E-state index contributed by atoms with van der Waals surface area (Å²) in [5.41, 5.74) is 12.8. The molecule has 8 nitrogen and oxygen atoms in total. The van der Waals surface area contributed by atoms with E-state index in [1.807, 2.05) is 0 Å². The fourth-order valence-corrected chi connectivity index (χ4v) is 2.63. The Morgan fingerprint density at radius 2 is 2.21 bits per heavy atom. The topological polar surface area (TPSA) is 115 Å². The van der Waals surface area contributed by atoms with Crippen molar-refractivity contribution in [1.29, 1.82) is 0 Å². The van der Waals surface area contributed by atoms with Crippen LogP contribution in [0.2, 0.25) is 0 Å². The van der Waals surface area contributed by atoms with E-state index in [1.165, 1.54) is 13.2 Å². The second-order valence-corrected chi connectivity index (χ2v) is 5.36. The number of amides is 1. The van der Waals surface area contributed by atoms with Crippen LogP contribution < -0.4 is 26.4 Å². The number of ether oxygens (including phenoxy) is 2. The van der Waals surface area contributed by atoms with Gasteiger partial charge in [-0.05, 0) is 18.6 Å². The molecular weight excluding hydrogens is 310 g/mol. The fourth-order valence-electron chi connectivity index (χ4n) is 2.63. The van der Waals surface area contributed by atoms with E-state index in [2.05, 4.69) is 21.8 Å². The summed E-state index contributed by atoms with van der Waals surface area (Å²) in [4.78, 5) is 17.9. The fraction of sp³-hybridized carbons (Fsp3) is 0.375. The van der Waals surface area contributed by atoms with Crippen molar-refractivity contribution in [3.8, 4) is 5.75 Å². The summed E-state index contributed by atoms with van der Waals surface area (Å²) in [5, 5.41) is 2.79. The predicted octanol–water partition coefficient (Wildman–Crippen LogP) is 0.950. The highest BCUT2D eigenvalue weighted by atomic mass is 16.5. The first kappa shape index (κ1) is 17.6. The quantitative estimate of drug-likeness (QED) is 0.405. The average molecular weight is 333 g/mol. The summed E-state index contributed by atoms with van der Waals surface area (Å²) in [6, 6.07) is 3.48. The molecule has 0 aliphatic carbocycles. The normalized spacial score (nSPS) is 16.6. The molecule has 0 saturated carbocycles. The van der Waals surface area contributed by atoms with E-state index in [1.54, 1.807) is 19.2 Å². The van der Waals surface area contributed by atoms with E-state index in [-0.39, 0.29) is 18.0 Å². The molecule has 1 aromatic carbocycles. The van der Waals surface area contributed by atoms with Crippen LogP contribution in [0, 0.1) is 0 Å². The Morgan fingerprint density at radius 1 is 1.46 bits per heavy atom. The van der Waals surface area contributed by atoms with Crippen molar-refractivity contribution >= 4 is 28.9 Å². The van der Waals surface area contributed by atoms with Gasteiger partial charge in [0, 0.05) is 26.3 Å². The van der Waals surface area contributed by atoms with Crippen LogP contribution in [0.4, 0.5) is 17.1 Å². The molecule has 0 bridgehead atoms. The number of hydrogen-bond acceptors (Lipinski definition) is 5. The van der Waals surface area contributed by atoms with E-state index < -0.39 is 0 Å². The van der Waals surface area contributed by atoms with Crippen LogP contribution in [0.1, 0.15) is 6.42 Å². The number of methoxy groups -OCH3 is 2. The first-order valence-electron chi connectivity index (χ1n) is 7.51. The molecule has 1 unspecified atom stereocenters. The van der Waals surface area contributed by atoms with Gasteiger partial charge in [-0.2, -0.15) is 0 Å². The molecule has 1 fully saturated rings. The largest absolute Gasteiger partial charge is 0.494 e. The van der Waals surface area contributed by atoms with Gasteiger partial charge in [0.1, 0.15) is 11.4 Å². The number of benzene rings is 1. The molecule has 2 rings (SSSR count). The molecule has 0 spiro atoms. The highest BCUT2D eigenvalue weighted by Gasteiger charge is 2.25. The highest BCUT2D eigenvalue weighted by molar-refractivity contribution is 6.02. The van der Waals surface area contributed by atoms with E-state index in [0.29, 0.717) is 17.1 Å². The first-order chi connectivity index (χ1) is 11.5. The molecule has 0 aromatic heterocycles. The average Bonchev–Trinajstić information content (AvgIpc) is 3.03. The Bertz CT molecular complexity index is 655. The summed E-state index contributed by atoms with van der Waals surface area (Å²) in [6.07, 6.45) is 2.26. The van der Waals surface area contributed by atoms with Crippen LogP contribution in [-0.2, 0) is 9.53 Å². The molecule has 1 aliphatic rings. The molecule has 130 valence electrons. The van der Waals surface area contributed by atoms with E-state index in [4.69, 9.17) is 20.9 Å². The number of rotatable bonds is 6. The van der Waals surface area contributed by atoms with Gasteiger partial charge in [0.05, 0.1) is 24.6 Å². The zero-order valence-corrected chi connectivity index (χ0v) is 13.9. The van der Waals surface area contributed by atoms with Crippen molar-refractivity contribution in [3.63, 3.8) is 0 Å². The Hall–Kier alpha value is -2.74. The smallest absolute Gasteiger partial charge is 0.247 e. The lowest BCUT2D eigenvalue weighted by molar-refractivity contribution is -0.111. The Morgan fingerprint density at radius 3 is 2.75 bits per heavy atom. The van der Waals surface area contributed by atoms with Crippen molar-refractivity contribution < 1.29 is 14.3 Å². The maximum atomic E-state index is 11.8. The van der Waals surface area contributed by atoms with Gasteiger partial charge in [-0.3, -0.25) is 4.79 Å². The van der Waals surface area contributed by atoms with Gasteiger partial charge in [-0.1, -0.05) is 6.58 Å². The molecule has 1 atom stereocenters. The number of nitrogens with two attached hydrogens (primary N) is 2. The minimum absolute atomic E-state index is 0.0948. The second-order valence-electron chi connectivity index (χ2n) is 5.36. The van der Waals surface area contributed by atoms with Crippen molar-refractivity contribution in [2.24, 2.45) is 16.5 Å². The monoisotopic (exact) mass is 333 g/mol. The summed E-state index contributed by atoms with van der Waals surface area (Å²) in [6.45, 7) is 5.00. The molecule has 1 heterocycles.